The van der Waals surface area contributed by atoms with Crippen molar-refractivity contribution in [3.8, 4) is 0 Å². The van der Waals surface area contributed by atoms with Gasteiger partial charge in [0.2, 0.25) is 11.8 Å². The Morgan fingerprint density at radius 3 is 2.47 bits per heavy atom. The molecule has 2 unspecified atom stereocenters. The van der Waals surface area contributed by atoms with Crippen molar-refractivity contribution >= 4 is 11.8 Å². The summed E-state index contributed by atoms with van der Waals surface area (Å²) in [6.45, 7) is 9.92. The maximum atomic E-state index is 12.6. The van der Waals surface area contributed by atoms with Crippen LogP contribution < -0.4 is 0 Å². The number of carbonyl (C=O) groups excluding carboxylic acids is 2. The molecule has 19 heavy (non-hydrogen) atoms. The number of amides is 2. The average molecular weight is 266 g/mol. The predicted molar refractivity (Wildman–Crippen MR) is 74.6 cm³/mol. The second kappa shape index (κ2) is 5.14. The summed E-state index contributed by atoms with van der Waals surface area (Å²) in [5.41, 5.74) is 0.0735. The van der Waals surface area contributed by atoms with Gasteiger partial charge in [-0.2, -0.15) is 0 Å². The summed E-state index contributed by atoms with van der Waals surface area (Å²) in [5, 5.41) is 0. The van der Waals surface area contributed by atoms with E-state index in [0.29, 0.717) is 13.0 Å². The van der Waals surface area contributed by atoms with Gasteiger partial charge < -0.3 is 9.80 Å². The second-order valence-electron chi connectivity index (χ2n) is 6.60. The third kappa shape index (κ3) is 2.49. The second-order valence-corrected chi connectivity index (χ2v) is 6.60. The third-order valence-corrected chi connectivity index (χ3v) is 4.71. The largest absolute Gasteiger partial charge is 0.329 e. The Morgan fingerprint density at radius 1 is 1.21 bits per heavy atom. The molecule has 0 aliphatic carbocycles. The Morgan fingerprint density at radius 2 is 1.89 bits per heavy atom. The summed E-state index contributed by atoms with van der Waals surface area (Å²) in [7, 11) is 0. The molecule has 0 aromatic heterocycles. The van der Waals surface area contributed by atoms with Gasteiger partial charge in [0.05, 0.1) is 0 Å². The minimum Gasteiger partial charge on any atom is -0.329 e. The molecule has 0 N–H and O–H groups in total. The van der Waals surface area contributed by atoms with Gasteiger partial charge in [0.1, 0.15) is 12.1 Å². The summed E-state index contributed by atoms with van der Waals surface area (Å²) in [6.07, 6.45) is 3.52. The molecule has 0 spiro atoms. The maximum Gasteiger partial charge on any atom is 0.246 e. The lowest BCUT2D eigenvalue weighted by molar-refractivity contribution is -0.161. The van der Waals surface area contributed by atoms with Crippen LogP contribution in [0, 0.1) is 5.41 Å². The summed E-state index contributed by atoms with van der Waals surface area (Å²) >= 11 is 0. The number of fused-ring (bicyclic) bond motifs is 1. The number of hydrogen-bond donors (Lipinski definition) is 0. The molecule has 2 rings (SSSR count). The van der Waals surface area contributed by atoms with Crippen LogP contribution in [0.15, 0.2) is 0 Å². The number of carbonyl (C=O) groups is 2. The smallest absolute Gasteiger partial charge is 0.246 e. The molecule has 108 valence electrons. The molecule has 0 bridgehead atoms. The van der Waals surface area contributed by atoms with Crippen molar-refractivity contribution in [3.05, 3.63) is 0 Å². The van der Waals surface area contributed by atoms with Crippen LogP contribution in [0.5, 0.6) is 0 Å². The lowest BCUT2D eigenvalue weighted by atomic mass is 9.88. The minimum atomic E-state index is -0.243. The number of piperazine rings is 1. The van der Waals surface area contributed by atoms with Gasteiger partial charge >= 0.3 is 0 Å². The van der Waals surface area contributed by atoms with Gasteiger partial charge in [-0.3, -0.25) is 9.59 Å². The van der Waals surface area contributed by atoms with E-state index in [1.54, 1.807) is 0 Å². The van der Waals surface area contributed by atoms with Crippen LogP contribution in [0.1, 0.15) is 53.4 Å². The van der Waals surface area contributed by atoms with Crippen LogP contribution in [0.4, 0.5) is 0 Å². The predicted octanol–water partition coefficient (Wildman–Crippen LogP) is 2.03. The molecule has 0 radical (unpaired) electrons. The Kier molecular flexibility index (Phi) is 3.88. The molecule has 2 aliphatic heterocycles. The van der Waals surface area contributed by atoms with Crippen LogP contribution in [-0.2, 0) is 9.59 Å². The summed E-state index contributed by atoms with van der Waals surface area (Å²) in [4.78, 5) is 28.8. The first-order chi connectivity index (χ1) is 8.91. The standard InChI is InChI=1S/C15H26N2O2/c1-5-11-13(18)16-9-7-8-12(16)14(19)17(11)10-15(3,4)6-2/h11-12H,5-10H2,1-4H3. The number of rotatable bonds is 4. The zero-order chi connectivity index (χ0) is 14.2. The van der Waals surface area contributed by atoms with E-state index in [0.717, 1.165) is 25.8 Å². The Labute approximate surface area is 116 Å². The van der Waals surface area contributed by atoms with Crippen molar-refractivity contribution in [2.24, 2.45) is 5.41 Å². The third-order valence-electron chi connectivity index (χ3n) is 4.71. The highest BCUT2D eigenvalue weighted by atomic mass is 16.2. The van der Waals surface area contributed by atoms with E-state index in [2.05, 4.69) is 20.8 Å². The zero-order valence-corrected chi connectivity index (χ0v) is 12.6. The molecular weight excluding hydrogens is 240 g/mol. The van der Waals surface area contributed by atoms with Crippen molar-refractivity contribution in [1.29, 1.82) is 0 Å². The van der Waals surface area contributed by atoms with E-state index in [9.17, 15) is 9.59 Å². The van der Waals surface area contributed by atoms with E-state index in [-0.39, 0.29) is 29.3 Å². The fourth-order valence-electron chi connectivity index (χ4n) is 3.11. The van der Waals surface area contributed by atoms with Crippen LogP contribution in [0.3, 0.4) is 0 Å². The van der Waals surface area contributed by atoms with Crippen LogP contribution >= 0.6 is 0 Å². The lowest BCUT2D eigenvalue weighted by Gasteiger charge is -2.44. The monoisotopic (exact) mass is 266 g/mol. The normalized spacial score (nSPS) is 28.0. The summed E-state index contributed by atoms with van der Waals surface area (Å²) < 4.78 is 0. The van der Waals surface area contributed by atoms with E-state index in [1.165, 1.54) is 0 Å². The molecule has 2 heterocycles. The number of hydrogen-bond acceptors (Lipinski definition) is 2. The van der Waals surface area contributed by atoms with Crippen LogP contribution in [-0.4, -0.2) is 46.8 Å². The van der Waals surface area contributed by atoms with Crippen molar-refractivity contribution in [2.75, 3.05) is 13.1 Å². The van der Waals surface area contributed by atoms with Gasteiger partial charge in [0, 0.05) is 13.1 Å². The van der Waals surface area contributed by atoms with Gasteiger partial charge in [0.15, 0.2) is 0 Å². The first kappa shape index (κ1) is 14.4. The van der Waals surface area contributed by atoms with Crippen LogP contribution in [0.2, 0.25) is 0 Å². The summed E-state index contributed by atoms with van der Waals surface area (Å²) in [5.74, 6) is 0.335. The Balaban J connectivity index is 2.24. The van der Waals surface area contributed by atoms with E-state index >= 15 is 0 Å². The Hall–Kier alpha value is -1.06. The van der Waals surface area contributed by atoms with E-state index in [4.69, 9.17) is 0 Å². The highest BCUT2D eigenvalue weighted by Crippen LogP contribution is 2.31. The molecular formula is C15H26N2O2. The SMILES string of the molecule is CCC1C(=O)N2CCCC2C(=O)N1CC(C)(C)CC. The van der Waals surface area contributed by atoms with Gasteiger partial charge in [-0.25, -0.2) is 0 Å². The quantitative estimate of drug-likeness (QED) is 0.781. The molecule has 2 aliphatic rings. The van der Waals surface area contributed by atoms with Crippen LogP contribution in [0.25, 0.3) is 0 Å². The molecule has 0 aromatic carbocycles. The molecule has 0 aromatic rings. The molecule has 2 saturated heterocycles. The fraction of sp³-hybridized carbons (Fsp3) is 0.867. The lowest BCUT2D eigenvalue weighted by Crippen LogP contribution is -2.63. The van der Waals surface area contributed by atoms with E-state index < -0.39 is 0 Å². The number of nitrogens with zero attached hydrogens (tertiary/aromatic N) is 2. The van der Waals surface area contributed by atoms with Crippen molar-refractivity contribution in [2.45, 2.75) is 65.5 Å². The molecule has 4 nitrogen and oxygen atoms in total. The highest BCUT2D eigenvalue weighted by Gasteiger charge is 2.47. The van der Waals surface area contributed by atoms with Gasteiger partial charge in [-0.15, -0.1) is 0 Å². The fourth-order valence-corrected chi connectivity index (χ4v) is 3.11. The molecule has 2 atom stereocenters. The first-order valence-corrected chi connectivity index (χ1v) is 7.52. The van der Waals surface area contributed by atoms with Crippen molar-refractivity contribution in [3.63, 3.8) is 0 Å². The van der Waals surface area contributed by atoms with Gasteiger partial charge in [-0.1, -0.05) is 27.7 Å². The zero-order valence-electron chi connectivity index (χ0n) is 12.6. The first-order valence-electron chi connectivity index (χ1n) is 7.52. The minimum absolute atomic E-state index is 0.0735. The molecule has 2 fully saturated rings. The Bertz CT molecular complexity index is 378. The van der Waals surface area contributed by atoms with Crippen molar-refractivity contribution in [1.82, 2.24) is 9.80 Å². The molecule has 0 saturated carbocycles. The van der Waals surface area contributed by atoms with Gasteiger partial charge in [0.25, 0.3) is 0 Å². The van der Waals surface area contributed by atoms with Gasteiger partial charge in [-0.05, 0) is 31.1 Å². The highest BCUT2D eigenvalue weighted by molar-refractivity contribution is 5.97. The van der Waals surface area contributed by atoms with E-state index in [1.807, 2.05) is 16.7 Å². The average Bonchev–Trinajstić information content (AvgIpc) is 2.85. The molecule has 4 heteroatoms. The maximum absolute atomic E-state index is 12.6. The summed E-state index contributed by atoms with van der Waals surface area (Å²) in [6, 6.07) is -0.421. The topological polar surface area (TPSA) is 40.6 Å². The van der Waals surface area contributed by atoms with Crippen molar-refractivity contribution < 1.29 is 9.59 Å². The molecule has 2 amide bonds.